The minimum absolute atomic E-state index is 0.289. The number of ketones is 1. The standard InChI is InChI=1S/C29H59NO2.C13H28.C5H10O/c1-5-8-11-13-14-15-18-22-27-31-29(4)32-28-23-19-17-21-26-30(24-10-7-3)25-20-16-12-9-6-2;1-3-5-7-9-11-13-12-10-8-6-4-2;1-3-4-5(2)6/h4-28H2,1-3H3;3-13H2,1-2H3;3-4H2,1-2H3. The highest BCUT2D eigenvalue weighted by atomic mass is 16.7. The third-order valence-electron chi connectivity index (χ3n) is 9.61. The van der Waals surface area contributed by atoms with Crippen molar-refractivity contribution in [2.75, 3.05) is 32.8 Å². The highest BCUT2D eigenvalue weighted by Crippen LogP contribution is 2.12. The first-order valence-electron chi connectivity index (χ1n) is 23.1. The second-order valence-corrected chi connectivity index (χ2v) is 15.2. The number of rotatable bonds is 39. The van der Waals surface area contributed by atoms with Crippen molar-refractivity contribution in [3.05, 3.63) is 12.5 Å². The van der Waals surface area contributed by atoms with Crippen LogP contribution in [0, 0.1) is 0 Å². The van der Waals surface area contributed by atoms with Gasteiger partial charge in [-0.1, -0.05) is 202 Å². The number of carbonyl (C=O) groups excluding carboxylic acids is 1. The van der Waals surface area contributed by atoms with Gasteiger partial charge in [0.1, 0.15) is 5.78 Å². The van der Waals surface area contributed by atoms with Crippen LogP contribution in [0.3, 0.4) is 0 Å². The molecule has 51 heavy (non-hydrogen) atoms. The van der Waals surface area contributed by atoms with Gasteiger partial charge in [0, 0.05) is 6.42 Å². The average molecular weight is 724 g/mol. The van der Waals surface area contributed by atoms with Crippen molar-refractivity contribution in [1.82, 2.24) is 4.90 Å². The Morgan fingerprint density at radius 1 is 0.392 bits per heavy atom. The van der Waals surface area contributed by atoms with Gasteiger partial charge in [0.15, 0.2) is 0 Å². The summed E-state index contributed by atoms with van der Waals surface area (Å²) >= 11 is 0. The second-order valence-electron chi connectivity index (χ2n) is 15.2. The summed E-state index contributed by atoms with van der Waals surface area (Å²) in [6.45, 7) is 24.3. The lowest BCUT2D eigenvalue weighted by Crippen LogP contribution is -2.27. The van der Waals surface area contributed by atoms with E-state index >= 15 is 0 Å². The van der Waals surface area contributed by atoms with Gasteiger partial charge in [0.05, 0.1) is 13.2 Å². The summed E-state index contributed by atoms with van der Waals surface area (Å²) in [4.78, 5) is 12.7. The molecule has 0 aliphatic carbocycles. The van der Waals surface area contributed by atoms with Crippen molar-refractivity contribution in [2.45, 2.75) is 254 Å². The van der Waals surface area contributed by atoms with E-state index in [4.69, 9.17) is 9.47 Å². The van der Waals surface area contributed by atoms with Crippen molar-refractivity contribution < 1.29 is 14.3 Å². The SMILES string of the molecule is C=C(OCCCCCCCCCC)OCCCCCCN(CCCC)CCCCCCC.CCCC(C)=O.CCCCCCCCCCCCC. The summed E-state index contributed by atoms with van der Waals surface area (Å²) in [6.07, 6.45) is 42.7. The van der Waals surface area contributed by atoms with Gasteiger partial charge < -0.3 is 19.2 Å². The van der Waals surface area contributed by atoms with Gasteiger partial charge in [0.25, 0.3) is 5.95 Å². The molecule has 0 N–H and O–H groups in total. The molecule has 0 amide bonds. The van der Waals surface area contributed by atoms with E-state index in [0.29, 0.717) is 5.95 Å². The van der Waals surface area contributed by atoms with Gasteiger partial charge >= 0.3 is 0 Å². The lowest BCUT2D eigenvalue weighted by molar-refractivity contribution is -0.117. The minimum atomic E-state index is 0.289. The van der Waals surface area contributed by atoms with Crippen LogP contribution in [0.2, 0.25) is 0 Å². The zero-order valence-electron chi connectivity index (χ0n) is 36.5. The van der Waals surface area contributed by atoms with Crippen molar-refractivity contribution in [2.24, 2.45) is 0 Å². The quantitative estimate of drug-likeness (QED) is 0.0467. The molecular weight excluding hydrogens is 627 g/mol. The van der Waals surface area contributed by atoms with Crippen LogP contribution in [-0.4, -0.2) is 43.5 Å². The highest BCUT2D eigenvalue weighted by molar-refractivity contribution is 5.75. The molecular formula is C47H97NO3. The van der Waals surface area contributed by atoms with E-state index in [2.05, 4.69) is 46.1 Å². The van der Waals surface area contributed by atoms with E-state index in [0.717, 1.165) is 38.9 Å². The Morgan fingerprint density at radius 2 is 0.667 bits per heavy atom. The summed E-state index contributed by atoms with van der Waals surface area (Å²) in [5, 5.41) is 0. The van der Waals surface area contributed by atoms with Crippen LogP contribution in [0.1, 0.15) is 254 Å². The van der Waals surface area contributed by atoms with E-state index in [-0.39, 0.29) is 5.78 Å². The molecule has 4 heteroatoms. The number of hydrogen-bond acceptors (Lipinski definition) is 4. The van der Waals surface area contributed by atoms with E-state index in [9.17, 15) is 4.79 Å². The lowest BCUT2D eigenvalue weighted by atomic mass is 10.1. The third-order valence-corrected chi connectivity index (χ3v) is 9.61. The summed E-state index contributed by atoms with van der Waals surface area (Å²) in [5.74, 6) is 0.805. The molecule has 0 heterocycles. The predicted octanol–water partition coefficient (Wildman–Crippen LogP) is 16.0. The molecule has 0 bridgehead atoms. The van der Waals surface area contributed by atoms with Crippen LogP contribution in [0.5, 0.6) is 0 Å². The molecule has 0 aromatic heterocycles. The van der Waals surface area contributed by atoms with E-state index in [1.54, 1.807) is 6.92 Å². The maximum absolute atomic E-state index is 10.0. The number of unbranched alkanes of at least 4 members (excludes halogenated alkanes) is 25. The Bertz CT molecular complexity index is 627. The van der Waals surface area contributed by atoms with Crippen LogP contribution in [0.15, 0.2) is 12.5 Å². The van der Waals surface area contributed by atoms with Gasteiger partial charge in [-0.3, -0.25) is 0 Å². The minimum Gasteiger partial charge on any atom is -0.466 e. The molecule has 0 spiro atoms. The molecule has 0 fully saturated rings. The van der Waals surface area contributed by atoms with E-state index < -0.39 is 0 Å². The summed E-state index contributed by atoms with van der Waals surface area (Å²) in [7, 11) is 0. The highest BCUT2D eigenvalue weighted by Gasteiger charge is 2.04. The van der Waals surface area contributed by atoms with Crippen molar-refractivity contribution >= 4 is 5.78 Å². The second kappa shape index (κ2) is 51.1. The van der Waals surface area contributed by atoms with Crippen LogP contribution in [0.25, 0.3) is 0 Å². The smallest absolute Gasteiger partial charge is 0.271 e. The van der Waals surface area contributed by atoms with Gasteiger partial charge in [-0.2, -0.15) is 0 Å². The van der Waals surface area contributed by atoms with E-state index in [1.807, 2.05) is 6.92 Å². The molecule has 0 aliphatic heterocycles. The first-order chi connectivity index (χ1) is 24.9. The normalized spacial score (nSPS) is 10.7. The zero-order valence-corrected chi connectivity index (χ0v) is 36.5. The molecule has 0 aromatic carbocycles. The molecule has 0 radical (unpaired) electrons. The molecule has 4 nitrogen and oxygen atoms in total. The number of nitrogens with zero attached hydrogens (tertiary/aromatic N) is 1. The zero-order chi connectivity index (χ0) is 38.3. The Balaban J connectivity index is -0.000000988. The molecule has 0 aromatic rings. The molecule has 0 saturated heterocycles. The van der Waals surface area contributed by atoms with Crippen LogP contribution < -0.4 is 0 Å². The largest absolute Gasteiger partial charge is 0.466 e. The average Bonchev–Trinajstić information content (AvgIpc) is 3.12. The summed E-state index contributed by atoms with van der Waals surface area (Å²) < 4.78 is 11.3. The fraction of sp³-hybridized carbons (Fsp3) is 0.936. The van der Waals surface area contributed by atoms with Crippen molar-refractivity contribution in [3.63, 3.8) is 0 Å². The van der Waals surface area contributed by atoms with Gasteiger partial charge in [-0.15, -0.1) is 0 Å². The Hall–Kier alpha value is -1.03. The Kier molecular flexibility index (Phi) is 54.4. The summed E-state index contributed by atoms with van der Waals surface area (Å²) in [6, 6.07) is 0. The van der Waals surface area contributed by atoms with E-state index in [1.165, 1.54) is 199 Å². The number of hydrogen-bond donors (Lipinski definition) is 0. The Morgan fingerprint density at radius 3 is 0.941 bits per heavy atom. The lowest BCUT2D eigenvalue weighted by Gasteiger charge is -2.22. The molecule has 0 unspecified atom stereocenters. The first-order valence-corrected chi connectivity index (χ1v) is 23.1. The fourth-order valence-corrected chi connectivity index (χ4v) is 6.19. The fourth-order valence-electron chi connectivity index (χ4n) is 6.19. The van der Waals surface area contributed by atoms with Gasteiger partial charge in [-0.05, 0) is 71.7 Å². The predicted molar refractivity (Wildman–Crippen MR) is 230 cm³/mol. The number of Topliss-reactive ketones (excluding diaryl/α,β-unsaturated/α-hetero) is 1. The molecule has 0 saturated carbocycles. The third kappa shape index (κ3) is 55.9. The maximum Gasteiger partial charge on any atom is 0.271 e. The molecule has 0 aliphatic rings. The van der Waals surface area contributed by atoms with Crippen LogP contribution in [-0.2, 0) is 14.3 Å². The molecule has 308 valence electrons. The number of ether oxygens (including phenoxy) is 2. The molecule has 0 rings (SSSR count). The topological polar surface area (TPSA) is 38.8 Å². The Labute approximate surface area is 323 Å². The molecule has 0 atom stereocenters. The van der Waals surface area contributed by atoms with Crippen molar-refractivity contribution in [1.29, 1.82) is 0 Å². The van der Waals surface area contributed by atoms with Gasteiger partial charge in [0.2, 0.25) is 0 Å². The summed E-state index contributed by atoms with van der Waals surface area (Å²) in [5.41, 5.74) is 0. The number of carbonyl (C=O) groups is 1. The van der Waals surface area contributed by atoms with Crippen molar-refractivity contribution in [3.8, 4) is 0 Å². The van der Waals surface area contributed by atoms with Gasteiger partial charge in [-0.25, -0.2) is 0 Å². The maximum atomic E-state index is 10.0. The van der Waals surface area contributed by atoms with Crippen LogP contribution in [0.4, 0.5) is 0 Å². The van der Waals surface area contributed by atoms with Crippen LogP contribution >= 0.6 is 0 Å². The first kappa shape index (κ1) is 54.3. The monoisotopic (exact) mass is 724 g/mol.